The molecule has 0 spiro atoms. The molecule has 4 heterocycles. The first-order chi connectivity index (χ1) is 21.7. The fourth-order valence-corrected chi connectivity index (χ4v) is 6.99. The number of carbonyl (C=O) groups excluding carboxylic acids is 2. The fraction of sp³-hybridized carbons (Fsp3) is 0.455. The summed E-state index contributed by atoms with van der Waals surface area (Å²) in [6.45, 7) is 13.9. The minimum atomic E-state index is -0.345. The Hall–Kier alpha value is -3.55. The van der Waals surface area contributed by atoms with Crippen LogP contribution in [0.1, 0.15) is 36.7 Å². The van der Waals surface area contributed by atoms with Gasteiger partial charge < -0.3 is 35.2 Å². The molecule has 4 aliphatic heterocycles. The van der Waals surface area contributed by atoms with Crippen LogP contribution in [0.3, 0.4) is 0 Å². The van der Waals surface area contributed by atoms with Gasteiger partial charge in [0.05, 0.1) is 37.2 Å². The van der Waals surface area contributed by atoms with Gasteiger partial charge in [0.15, 0.2) is 0 Å². The number of nitrogens with one attached hydrogen (secondary N) is 3. The highest BCUT2D eigenvalue weighted by Gasteiger charge is 2.29. The summed E-state index contributed by atoms with van der Waals surface area (Å²) in [5, 5.41) is 14.9. The summed E-state index contributed by atoms with van der Waals surface area (Å²) in [5.74, 6) is 0.00194. The first-order valence-corrected chi connectivity index (χ1v) is 16.5. The van der Waals surface area contributed by atoms with E-state index in [0.717, 1.165) is 56.4 Å². The minimum absolute atomic E-state index is 0.00194. The average Bonchev–Trinajstić information content (AvgIpc) is 3.05. The standard InChI is InChI=1S/C33H43N7O4S/c1-24-20-39(16-19-44-24)40-21-29(45-30(22-40)37-14-17-43-18-15-37)25-4-8-27(9-5-25)35-32(42)36-28-10-6-26(7-11-28)31(41)38-13-12-34-33(2,3)23-38/h4-11,21-22,24,34H,12-20,23H2,1-3H3,(H2,35,36,42). The van der Waals surface area contributed by atoms with Crippen LogP contribution in [0.25, 0.3) is 4.91 Å². The summed E-state index contributed by atoms with van der Waals surface area (Å²) in [6.07, 6.45) is 4.57. The number of carbonyl (C=O) groups is 2. The number of ether oxygens (including phenoxy) is 2. The number of urea groups is 1. The highest BCUT2D eigenvalue weighted by Crippen LogP contribution is 2.40. The van der Waals surface area contributed by atoms with E-state index in [4.69, 9.17) is 9.47 Å². The highest BCUT2D eigenvalue weighted by atomic mass is 32.2. The molecule has 0 saturated carbocycles. The lowest BCUT2D eigenvalue weighted by Gasteiger charge is -2.41. The van der Waals surface area contributed by atoms with Crippen LogP contribution >= 0.6 is 11.8 Å². The van der Waals surface area contributed by atoms with E-state index in [9.17, 15) is 9.59 Å². The summed E-state index contributed by atoms with van der Waals surface area (Å²) in [7, 11) is 0. The van der Waals surface area contributed by atoms with Crippen LogP contribution < -0.4 is 16.0 Å². The monoisotopic (exact) mass is 633 g/mol. The quantitative estimate of drug-likeness (QED) is 0.431. The topological polar surface area (TPSA) is 102 Å². The van der Waals surface area contributed by atoms with E-state index in [-0.39, 0.29) is 23.6 Å². The lowest BCUT2D eigenvalue weighted by atomic mass is 10.0. The lowest BCUT2D eigenvalue weighted by molar-refractivity contribution is -0.0784. The number of thioether (sulfide) groups is 1. The molecular formula is C33H43N7O4S. The Morgan fingerprint density at radius 2 is 1.60 bits per heavy atom. The molecule has 3 saturated heterocycles. The number of rotatable bonds is 6. The predicted octanol–water partition coefficient (Wildman–Crippen LogP) is 4.27. The second kappa shape index (κ2) is 13.8. The number of nitrogens with zero attached hydrogens (tertiary/aromatic N) is 4. The first kappa shape index (κ1) is 31.4. The number of piperazine rings is 1. The van der Waals surface area contributed by atoms with Crippen molar-refractivity contribution >= 4 is 40.0 Å². The highest BCUT2D eigenvalue weighted by molar-refractivity contribution is 8.11. The lowest BCUT2D eigenvalue weighted by Crippen LogP contribution is -2.58. The van der Waals surface area contributed by atoms with Crippen molar-refractivity contribution in [3.8, 4) is 0 Å². The van der Waals surface area contributed by atoms with Crippen LogP contribution in [-0.4, -0.2) is 109 Å². The molecule has 45 heavy (non-hydrogen) atoms. The number of hydrogen-bond acceptors (Lipinski definition) is 9. The number of anilines is 2. The van der Waals surface area contributed by atoms with E-state index >= 15 is 0 Å². The van der Waals surface area contributed by atoms with Crippen LogP contribution in [0, 0.1) is 0 Å². The zero-order chi connectivity index (χ0) is 31.4. The van der Waals surface area contributed by atoms with Gasteiger partial charge in [0.2, 0.25) is 0 Å². The van der Waals surface area contributed by atoms with Crippen molar-refractivity contribution < 1.29 is 19.1 Å². The summed E-state index contributed by atoms with van der Waals surface area (Å²) in [5.41, 5.74) is 2.88. The third-order valence-corrected chi connectivity index (χ3v) is 9.39. The van der Waals surface area contributed by atoms with E-state index < -0.39 is 0 Å². The largest absolute Gasteiger partial charge is 0.378 e. The number of hydrazine groups is 1. The maximum Gasteiger partial charge on any atom is 0.323 e. The average molecular weight is 634 g/mol. The van der Waals surface area contributed by atoms with E-state index in [1.807, 2.05) is 29.2 Å². The van der Waals surface area contributed by atoms with Crippen molar-refractivity contribution in [3.63, 3.8) is 0 Å². The molecule has 12 heteroatoms. The van der Waals surface area contributed by atoms with Crippen LogP contribution in [0.4, 0.5) is 16.2 Å². The maximum atomic E-state index is 13.0. The molecule has 0 bridgehead atoms. The van der Waals surface area contributed by atoms with Crippen molar-refractivity contribution in [1.29, 1.82) is 0 Å². The van der Waals surface area contributed by atoms with Gasteiger partial charge in [0.25, 0.3) is 5.91 Å². The third-order valence-electron chi connectivity index (χ3n) is 8.25. The van der Waals surface area contributed by atoms with E-state index in [0.29, 0.717) is 36.6 Å². The Morgan fingerprint density at radius 1 is 0.911 bits per heavy atom. The molecule has 2 aromatic rings. The van der Waals surface area contributed by atoms with Crippen molar-refractivity contribution in [3.05, 3.63) is 77.1 Å². The van der Waals surface area contributed by atoms with Gasteiger partial charge in [0.1, 0.15) is 0 Å². The van der Waals surface area contributed by atoms with Crippen LogP contribution in [0.15, 0.2) is 66.0 Å². The number of morpholine rings is 2. The summed E-state index contributed by atoms with van der Waals surface area (Å²) in [6, 6.07) is 14.6. The molecule has 1 atom stereocenters. The molecule has 0 aromatic heterocycles. The summed E-state index contributed by atoms with van der Waals surface area (Å²) >= 11 is 1.76. The predicted molar refractivity (Wildman–Crippen MR) is 178 cm³/mol. The molecule has 0 radical (unpaired) electrons. The smallest absolute Gasteiger partial charge is 0.323 e. The molecule has 6 rings (SSSR count). The van der Waals surface area contributed by atoms with Gasteiger partial charge in [-0.05, 0) is 62.7 Å². The van der Waals surface area contributed by atoms with Crippen LogP contribution in [0.2, 0.25) is 0 Å². The van der Waals surface area contributed by atoms with Crippen molar-refractivity contribution in [1.82, 2.24) is 25.1 Å². The SMILES string of the molecule is CC1CN(N2C=C(c3ccc(NC(=O)Nc4ccc(C(=O)N5CCNC(C)(C)C5)cc4)cc3)SC(N3CCOCC3)=C2)CCO1. The number of hydrogen-bond donors (Lipinski definition) is 3. The fourth-order valence-electron chi connectivity index (χ4n) is 5.88. The second-order valence-corrected chi connectivity index (χ2v) is 13.5. The van der Waals surface area contributed by atoms with Gasteiger partial charge in [0, 0.05) is 79.4 Å². The molecular weight excluding hydrogens is 590 g/mol. The zero-order valence-electron chi connectivity index (χ0n) is 26.3. The van der Waals surface area contributed by atoms with Gasteiger partial charge in [-0.1, -0.05) is 23.9 Å². The van der Waals surface area contributed by atoms with Gasteiger partial charge in [-0.25, -0.2) is 9.80 Å². The molecule has 3 fully saturated rings. The Bertz CT molecular complexity index is 1420. The molecule has 1 unspecified atom stereocenters. The molecule has 0 aliphatic carbocycles. The first-order valence-electron chi connectivity index (χ1n) is 15.6. The zero-order valence-corrected chi connectivity index (χ0v) is 27.1. The number of benzene rings is 2. The Kier molecular flexibility index (Phi) is 9.67. The number of amides is 3. The Labute approximate surface area is 269 Å². The second-order valence-electron chi connectivity index (χ2n) is 12.4. The molecule has 4 aliphatic rings. The van der Waals surface area contributed by atoms with Crippen molar-refractivity contribution in [2.45, 2.75) is 32.4 Å². The van der Waals surface area contributed by atoms with E-state index in [1.165, 1.54) is 5.03 Å². The van der Waals surface area contributed by atoms with Crippen LogP contribution in [-0.2, 0) is 9.47 Å². The minimum Gasteiger partial charge on any atom is -0.378 e. The van der Waals surface area contributed by atoms with Crippen molar-refractivity contribution in [2.75, 3.05) is 76.3 Å². The molecule has 3 amide bonds. The maximum absolute atomic E-state index is 13.0. The molecule has 3 N–H and O–H groups in total. The van der Waals surface area contributed by atoms with Crippen molar-refractivity contribution in [2.24, 2.45) is 0 Å². The Morgan fingerprint density at radius 3 is 2.27 bits per heavy atom. The van der Waals surface area contributed by atoms with E-state index in [2.05, 4.69) is 64.0 Å². The summed E-state index contributed by atoms with van der Waals surface area (Å²) < 4.78 is 11.4. The molecule has 2 aromatic carbocycles. The van der Waals surface area contributed by atoms with Gasteiger partial charge in [-0.3, -0.25) is 9.80 Å². The van der Waals surface area contributed by atoms with Gasteiger partial charge in [-0.2, -0.15) is 0 Å². The molecule has 240 valence electrons. The molecule has 11 nitrogen and oxygen atoms in total. The van der Waals surface area contributed by atoms with Gasteiger partial charge >= 0.3 is 6.03 Å². The summed E-state index contributed by atoms with van der Waals surface area (Å²) in [4.78, 5) is 31.2. The van der Waals surface area contributed by atoms with E-state index in [1.54, 1.807) is 36.0 Å². The third kappa shape index (κ3) is 8.00. The van der Waals surface area contributed by atoms with Gasteiger partial charge in [-0.15, -0.1) is 0 Å². The Balaban J connectivity index is 1.07. The normalized spacial score (nSPS) is 22.4. The van der Waals surface area contributed by atoms with Crippen LogP contribution in [0.5, 0.6) is 0 Å².